The quantitative estimate of drug-likeness (QED) is 0.488. The molecule has 10 heteroatoms. The molecule has 0 saturated carbocycles. The third-order valence-corrected chi connectivity index (χ3v) is 7.87. The number of benzene rings is 1. The SMILES string of the molecule is CCNS(=O)(=O)c1ccc2c(c1)N(CC)/C(=C\C=C1/SC(=S)N(CC)C1=O)N2CC. The second-order valence-electron chi connectivity index (χ2n) is 6.61. The molecule has 2 heterocycles. The van der Waals surface area contributed by atoms with Gasteiger partial charge in [-0.05, 0) is 51.1 Å². The zero-order valence-electron chi connectivity index (χ0n) is 17.5. The topological polar surface area (TPSA) is 73.0 Å². The Bertz CT molecular complexity index is 1030. The lowest BCUT2D eigenvalue weighted by Crippen LogP contribution is -2.28. The molecule has 1 saturated heterocycles. The van der Waals surface area contributed by atoms with E-state index in [1.54, 1.807) is 30.0 Å². The van der Waals surface area contributed by atoms with Crippen LogP contribution in [0.15, 0.2) is 46.0 Å². The van der Waals surface area contributed by atoms with Crippen LogP contribution in [0.2, 0.25) is 0 Å². The van der Waals surface area contributed by atoms with Gasteiger partial charge in [0.1, 0.15) is 10.1 Å². The van der Waals surface area contributed by atoms with Crippen molar-refractivity contribution in [3.63, 3.8) is 0 Å². The number of amides is 1. The molecule has 0 atom stereocenters. The first-order valence-corrected chi connectivity index (χ1v) is 12.6. The molecule has 1 aromatic carbocycles. The summed E-state index contributed by atoms with van der Waals surface area (Å²) < 4.78 is 28.0. The summed E-state index contributed by atoms with van der Waals surface area (Å²) in [6.07, 6.45) is 3.71. The van der Waals surface area contributed by atoms with Crippen molar-refractivity contribution in [2.75, 3.05) is 36.0 Å². The van der Waals surface area contributed by atoms with Crippen LogP contribution in [0.5, 0.6) is 0 Å². The molecule has 2 aliphatic heterocycles. The first-order chi connectivity index (χ1) is 14.3. The molecule has 162 valence electrons. The van der Waals surface area contributed by atoms with Crippen LogP contribution in [0, 0.1) is 0 Å². The highest BCUT2D eigenvalue weighted by molar-refractivity contribution is 8.26. The number of nitrogens with one attached hydrogen (secondary N) is 1. The number of anilines is 2. The fourth-order valence-corrected chi connectivity index (χ4v) is 5.95. The van der Waals surface area contributed by atoms with E-state index in [2.05, 4.69) is 14.5 Å². The smallest absolute Gasteiger partial charge is 0.266 e. The van der Waals surface area contributed by atoms with Gasteiger partial charge in [0.15, 0.2) is 0 Å². The molecule has 1 amide bonds. The van der Waals surface area contributed by atoms with Gasteiger partial charge in [-0.2, -0.15) is 0 Å². The number of fused-ring (bicyclic) bond motifs is 1. The van der Waals surface area contributed by atoms with Crippen LogP contribution in [0.1, 0.15) is 27.7 Å². The molecule has 3 rings (SSSR count). The van der Waals surface area contributed by atoms with Crippen molar-refractivity contribution in [1.82, 2.24) is 9.62 Å². The number of rotatable bonds is 7. The molecule has 1 aromatic rings. The highest BCUT2D eigenvalue weighted by atomic mass is 32.2. The number of carbonyl (C=O) groups excluding carboxylic acids is 1. The average molecular weight is 467 g/mol. The van der Waals surface area contributed by atoms with Crippen LogP contribution in [0.4, 0.5) is 11.4 Å². The Kier molecular flexibility index (Phi) is 6.91. The molecule has 7 nitrogen and oxygen atoms in total. The van der Waals surface area contributed by atoms with Gasteiger partial charge < -0.3 is 9.80 Å². The van der Waals surface area contributed by atoms with Gasteiger partial charge in [0.05, 0.1) is 21.2 Å². The third-order valence-electron chi connectivity index (χ3n) is 4.93. The lowest BCUT2D eigenvalue weighted by Gasteiger charge is -2.23. The molecular weight excluding hydrogens is 440 g/mol. The summed E-state index contributed by atoms with van der Waals surface area (Å²) in [5, 5.41) is 0. The summed E-state index contributed by atoms with van der Waals surface area (Å²) >= 11 is 6.59. The van der Waals surface area contributed by atoms with Crippen LogP contribution < -0.4 is 14.5 Å². The first-order valence-electron chi connectivity index (χ1n) is 9.93. The Morgan fingerprint density at radius 1 is 1.00 bits per heavy atom. The number of sulfonamides is 1. The van der Waals surface area contributed by atoms with Crippen molar-refractivity contribution in [2.45, 2.75) is 32.6 Å². The van der Waals surface area contributed by atoms with Crippen molar-refractivity contribution in [2.24, 2.45) is 0 Å². The molecule has 1 fully saturated rings. The molecule has 0 spiro atoms. The fourth-order valence-electron chi connectivity index (χ4n) is 3.56. The predicted molar refractivity (Wildman–Crippen MR) is 127 cm³/mol. The molecule has 0 aliphatic carbocycles. The van der Waals surface area contributed by atoms with Gasteiger partial charge in [-0.15, -0.1) is 0 Å². The molecular formula is C20H26N4O3S3. The Morgan fingerprint density at radius 3 is 2.20 bits per heavy atom. The molecule has 2 aliphatic rings. The van der Waals surface area contributed by atoms with Crippen molar-refractivity contribution < 1.29 is 13.2 Å². The number of hydrogen-bond donors (Lipinski definition) is 1. The number of thioether (sulfide) groups is 1. The van der Waals surface area contributed by atoms with E-state index >= 15 is 0 Å². The van der Waals surface area contributed by atoms with Gasteiger partial charge in [-0.1, -0.05) is 30.9 Å². The third kappa shape index (κ3) is 4.01. The van der Waals surface area contributed by atoms with Crippen molar-refractivity contribution in [3.8, 4) is 0 Å². The Hall–Kier alpha value is -1.88. The Balaban J connectivity index is 2.02. The van der Waals surface area contributed by atoms with Gasteiger partial charge in [-0.25, -0.2) is 13.1 Å². The predicted octanol–water partition coefficient (Wildman–Crippen LogP) is 3.26. The summed E-state index contributed by atoms with van der Waals surface area (Å²) in [6, 6.07) is 5.17. The van der Waals surface area contributed by atoms with Crippen LogP contribution in [-0.4, -0.2) is 49.7 Å². The second kappa shape index (κ2) is 9.09. The van der Waals surface area contributed by atoms with Crippen molar-refractivity contribution in [3.05, 3.63) is 41.1 Å². The maximum absolute atomic E-state index is 12.5. The Labute approximate surface area is 187 Å². The van der Waals surface area contributed by atoms with Crippen LogP contribution >= 0.6 is 24.0 Å². The number of carbonyl (C=O) groups is 1. The summed E-state index contributed by atoms with van der Waals surface area (Å²) in [5.41, 5.74) is 1.77. The van der Waals surface area contributed by atoms with Crippen molar-refractivity contribution in [1.29, 1.82) is 0 Å². The van der Waals surface area contributed by atoms with E-state index in [0.717, 1.165) is 17.2 Å². The van der Waals surface area contributed by atoms with Gasteiger partial charge in [0, 0.05) is 26.2 Å². The van der Waals surface area contributed by atoms with Crippen molar-refractivity contribution >= 4 is 55.6 Å². The van der Waals surface area contributed by atoms with E-state index in [1.165, 1.54) is 11.8 Å². The van der Waals surface area contributed by atoms with E-state index in [4.69, 9.17) is 12.2 Å². The van der Waals surface area contributed by atoms with Gasteiger partial charge >= 0.3 is 0 Å². The van der Waals surface area contributed by atoms with E-state index in [-0.39, 0.29) is 10.8 Å². The minimum Gasteiger partial charge on any atom is -0.326 e. The average Bonchev–Trinajstić information content (AvgIpc) is 3.17. The second-order valence-corrected chi connectivity index (χ2v) is 10.1. The number of allylic oxidation sites excluding steroid dienone is 2. The van der Waals surface area contributed by atoms with Crippen LogP contribution in [-0.2, 0) is 14.8 Å². The zero-order chi connectivity index (χ0) is 22.1. The van der Waals surface area contributed by atoms with E-state index in [9.17, 15) is 13.2 Å². The van der Waals surface area contributed by atoms with E-state index < -0.39 is 10.0 Å². The highest BCUT2D eigenvalue weighted by Crippen LogP contribution is 2.43. The molecule has 30 heavy (non-hydrogen) atoms. The fraction of sp³-hybridized carbons (Fsp3) is 0.400. The van der Waals surface area contributed by atoms with Gasteiger partial charge in [-0.3, -0.25) is 9.69 Å². The number of thiocarbonyl (C=S) groups is 1. The van der Waals surface area contributed by atoms with Gasteiger partial charge in [0.2, 0.25) is 10.0 Å². The van der Waals surface area contributed by atoms with Gasteiger partial charge in [0.25, 0.3) is 5.91 Å². The molecule has 0 radical (unpaired) electrons. The largest absolute Gasteiger partial charge is 0.326 e. The minimum atomic E-state index is -3.55. The summed E-state index contributed by atoms with van der Waals surface area (Å²) in [5.74, 6) is 0.819. The normalized spacial score (nSPS) is 19.5. The number of likely N-dealkylation sites (N-methyl/N-ethyl adjacent to an activating group) is 1. The first kappa shape index (κ1) is 22.8. The number of nitrogens with zero attached hydrogens (tertiary/aromatic N) is 3. The highest BCUT2D eigenvalue weighted by Gasteiger charge is 2.33. The van der Waals surface area contributed by atoms with E-state index in [0.29, 0.717) is 35.4 Å². The molecule has 0 unspecified atom stereocenters. The summed E-state index contributed by atoms with van der Waals surface area (Å²) in [4.78, 5) is 19.1. The lowest BCUT2D eigenvalue weighted by atomic mass is 10.2. The van der Waals surface area contributed by atoms with E-state index in [1.807, 2.05) is 32.9 Å². The summed E-state index contributed by atoms with van der Waals surface area (Å²) in [7, 11) is -3.55. The molecule has 1 N–H and O–H groups in total. The number of hydrogen-bond acceptors (Lipinski definition) is 7. The standard InChI is InChI=1S/C20H26N4O3S3/c1-5-21-30(26,27)14-9-10-15-16(13-14)23(7-3)18(22(15)6-2)12-11-17-19(25)24(8-4)20(28)29-17/h9-13,21H,5-8H2,1-4H3/b17-11-,18-12-. The Morgan fingerprint density at radius 2 is 1.63 bits per heavy atom. The van der Waals surface area contributed by atoms with Crippen LogP contribution in [0.3, 0.4) is 0 Å². The maximum atomic E-state index is 12.5. The summed E-state index contributed by atoms with van der Waals surface area (Å²) in [6.45, 7) is 9.95. The monoisotopic (exact) mass is 466 g/mol. The molecule has 0 aromatic heterocycles. The zero-order valence-corrected chi connectivity index (χ0v) is 20.0. The molecule has 0 bridgehead atoms. The van der Waals surface area contributed by atoms with Crippen LogP contribution in [0.25, 0.3) is 0 Å². The lowest BCUT2D eigenvalue weighted by molar-refractivity contribution is -0.122. The maximum Gasteiger partial charge on any atom is 0.266 e. The minimum absolute atomic E-state index is 0.0787.